The van der Waals surface area contributed by atoms with Crippen LogP contribution in [-0.2, 0) is 0 Å². The van der Waals surface area contributed by atoms with Crippen LogP contribution in [0.2, 0.25) is 0 Å². The summed E-state index contributed by atoms with van der Waals surface area (Å²) in [4.78, 5) is 14.6. The minimum atomic E-state index is -0.412. The van der Waals surface area contributed by atoms with Gasteiger partial charge in [-0.25, -0.2) is 0 Å². The Kier molecular flexibility index (Phi) is 2.44. The molecule has 0 radical (unpaired) electrons. The van der Waals surface area contributed by atoms with Crippen LogP contribution in [0, 0.1) is 17.0 Å². The summed E-state index contributed by atoms with van der Waals surface area (Å²) in [6.07, 6.45) is 1.64. The van der Waals surface area contributed by atoms with Gasteiger partial charge < -0.3 is 4.74 Å². The lowest BCUT2D eigenvalue weighted by Gasteiger charge is -2.07. The molecule has 0 saturated heterocycles. The van der Waals surface area contributed by atoms with Gasteiger partial charge in [0, 0.05) is 17.1 Å². The van der Waals surface area contributed by atoms with Crippen LogP contribution < -0.4 is 4.74 Å². The number of benzene rings is 1. The summed E-state index contributed by atoms with van der Waals surface area (Å²) >= 11 is 0. The van der Waals surface area contributed by atoms with Gasteiger partial charge in [-0.1, -0.05) is 6.07 Å². The van der Waals surface area contributed by atoms with Gasteiger partial charge in [-0.05, 0) is 13.0 Å². The van der Waals surface area contributed by atoms with E-state index < -0.39 is 4.92 Å². The van der Waals surface area contributed by atoms with E-state index in [1.54, 1.807) is 25.3 Å². The zero-order chi connectivity index (χ0) is 11.7. The normalized spacial score (nSPS) is 10.4. The van der Waals surface area contributed by atoms with Crippen molar-refractivity contribution in [2.45, 2.75) is 6.92 Å². The van der Waals surface area contributed by atoms with Crippen LogP contribution >= 0.6 is 0 Å². The third-order valence-corrected chi connectivity index (χ3v) is 2.51. The summed E-state index contributed by atoms with van der Waals surface area (Å²) < 4.78 is 5.11. The van der Waals surface area contributed by atoms with Crippen LogP contribution in [0.15, 0.2) is 24.4 Å². The van der Waals surface area contributed by atoms with Gasteiger partial charge in [0.05, 0.1) is 18.1 Å². The molecule has 5 heteroatoms. The fraction of sp³-hybridized carbons (Fsp3) is 0.182. The first-order valence-electron chi connectivity index (χ1n) is 4.72. The average Bonchev–Trinajstić information content (AvgIpc) is 2.29. The molecule has 0 fully saturated rings. The van der Waals surface area contributed by atoms with Crippen LogP contribution in [0.4, 0.5) is 5.69 Å². The van der Waals surface area contributed by atoms with E-state index in [9.17, 15) is 10.1 Å². The van der Waals surface area contributed by atoms with Gasteiger partial charge in [0.25, 0.3) is 5.69 Å². The van der Waals surface area contributed by atoms with Crippen LogP contribution in [0.3, 0.4) is 0 Å². The highest BCUT2D eigenvalue weighted by Gasteiger charge is 2.17. The molecule has 16 heavy (non-hydrogen) atoms. The molecule has 1 aromatic carbocycles. The molecule has 0 aliphatic carbocycles. The van der Waals surface area contributed by atoms with E-state index in [1.807, 2.05) is 0 Å². The average molecular weight is 218 g/mol. The van der Waals surface area contributed by atoms with Gasteiger partial charge in [-0.15, -0.1) is 0 Å². The van der Waals surface area contributed by atoms with Gasteiger partial charge >= 0.3 is 0 Å². The molecule has 82 valence electrons. The molecule has 1 heterocycles. The first-order valence-corrected chi connectivity index (χ1v) is 4.72. The maximum atomic E-state index is 10.9. The highest BCUT2D eigenvalue weighted by molar-refractivity contribution is 5.90. The lowest BCUT2D eigenvalue weighted by molar-refractivity contribution is -0.385. The van der Waals surface area contributed by atoms with E-state index in [0.29, 0.717) is 16.8 Å². The van der Waals surface area contributed by atoms with Crippen LogP contribution in [0.25, 0.3) is 10.9 Å². The Labute approximate surface area is 91.8 Å². The number of hydrogen-bond donors (Lipinski definition) is 0. The number of hydrogen-bond acceptors (Lipinski definition) is 4. The van der Waals surface area contributed by atoms with E-state index in [-0.39, 0.29) is 5.69 Å². The molecule has 0 bridgehead atoms. The van der Waals surface area contributed by atoms with Gasteiger partial charge in [-0.2, -0.15) is 0 Å². The Morgan fingerprint density at radius 2 is 2.25 bits per heavy atom. The number of nitro benzene ring substituents is 1. The Morgan fingerprint density at radius 1 is 1.50 bits per heavy atom. The Balaban J connectivity index is 2.88. The predicted octanol–water partition coefficient (Wildman–Crippen LogP) is 2.46. The number of fused-ring (bicyclic) bond motifs is 1. The number of pyridine rings is 1. The van der Waals surface area contributed by atoms with E-state index >= 15 is 0 Å². The molecule has 0 atom stereocenters. The molecule has 2 aromatic rings. The Morgan fingerprint density at radius 3 is 2.88 bits per heavy atom. The predicted molar refractivity (Wildman–Crippen MR) is 59.7 cm³/mol. The molecule has 0 aliphatic rings. The van der Waals surface area contributed by atoms with E-state index in [1.165, 1.54) is 13.2 Å². The molecule has 0 unspecified atom stereocenters. The first-order chi connectivity index (χ1) is 7.65. The fourth-order valence-corrected chi connectivity index (χ4v) is 1.69. The van der Waals surface area contributed by atoms with Crippen molar-refractivity contribution in [3.63, 3.8) is 0 Å². The van der Waals surface area contributed by atoms with Crippen molar-refractivity contribution in [1.29, 1.82) is 0 Å². The second-order valence-electron chi connectivity index (χ2n) is 3.38. The van der Waals surface area contributed by atoms with E-state index in [4.69, 9.17) is 4.74 Å². The maximum absolute atomic E-state index is 10.9. The number of methoxy groups -OCH3 is 1. The first kappa shape index (κ1) is 10.4. The lowest BCUT2D eigenvalue weighted by atomic mass is 10.1. The number of nitro groups is 1. The molecule has 0 amide bonds. The molecular weight excluding hydrogens is 208 g/mol. The highest BCUT2D eigenvalue weighted by Crippen LogP contribution is 2.33. The van der Waals surface area contributed by atoms with Gasteiger partial charge in [0.1, 0.15) is 5.52 Å². The van der Waals surface area contributed by atoms with Crippen LogP contribution in [0.5, 0.6) is 5.75 Å². The second kappa shape index (κ2) is 3.77. The second-order valence-corrected chi connectivity index (χ2v) is 3.38. The molecule has 5 nitrogen and oxygen atoms in total. The largest absolute Gasteiger partial charge is 0.494 e. The zero-order valence-electron chi connectivity index (χ0n) is 8.93. The molecule has 0 aliphatic heterocycles. The number of ether oxygens (including phenoxy) is 1. The molecular formula is C11H10N2O3. The summed E-state index contributed by atoms with van der Waals surface area (Å²) in [5, 5.41) is 11.6. The highest BCUT2D eigenvalue weighted by atomic mass is 16.6. The number of aryl methyl sites for hydroxylation is 1. The summed E-state index contributed by atoms with van der Waals surface area (Å²) in [7, 11) is 1.47. The third-order valence-electron chi connectivity index (χ3n) is 2.51. The van der Waals surface area contributed by atoms with Crippen molar-refractivity contribution >= 4 is 16.6 Å². The van der Waals surface area contributed by atoms with Gasteiger partial charge in [-0.3, -0.25) is 15.1 Å². The number of aromatic nitrogens is 1. The van der Waals surface area contributed by atoms with Crippen molar-refractivity contribution in [3.8, 4) is 5.75 Å². The molecule has 2 rings (SSSR count). The van der Waals surface area contributed by atoms with E-state index in [0.717, 1.165) is 5.39 Å². The molecule has 0 saturated carbocycles. The summed E-state index contributed by atoms with van der Waals surface area (Å²) in [6, 6.07) is 4.95. The van der Waals surface area contributed by atoms with Crippen molar-refractivity contribution in [3.05, 3.63) is 40.1 Å². The summed E-state index contributed by atoms with van der Waals surface area (Å²) in [5.41, 5.74) is 1.30. The monoisotopic (exact) mass is 218 g/mol. The minimum absolute atomic E-state index is 0.0531. The smallest absolute Gasteiger partial charge is 0.276 e. The summed E-state index contributed by atoms with van der Waals surface area (Å²) in [5.74, 6) is 0.424. The van der Waals surface area contributed by atoms with Crippen molar-refractivity contribution < 1.29 is 9.66 Å². The number of rotatable bonds is 2. The maximum Gasteiger partial charge on any atom is 0.276 e. The third kappa shape index (κ3) is 1.46. The summed E-state index contributed by atoms with van der Waals surface area (Å²) in [6.45, 7) is 1.71. The molecule has 0 spiro atoms. The topological polar surface area (TPSA) is 65.3 Å². The fourth-order valence-electron chi connectivity index (χ4n) is 1.69. The van der Waals surface area contributed by atoms with E-state index in [2.05, 4.69) is 4.98 Å². The standard InChI is InChI=1S/C11H10N2O3/c1-7-8-4-3-5-12-11(8)10(16-2)6-9(7)13(14)15/h3-6H,1-2H3. The molecule has 1 aromatic heterocycles. The van der Waals surface area contributed by atoms with Crippen LogP contribution in [0.1, 0.15) is 5.56 Å². The minimum Gasteiger partial charge on any atom is -0.494 e. The molecule has 0 N–H and O–H groups in total. The van der Waals surface area contributed by atoms with Gasteiger partial charge in [0.2, 0.25) is 0 Å². The quantitative estimate of drug-likeness (QED) is 0.573. The van der Waals surface area contributed by atoms with Gasteiger partial charge in [0.15, 0.2) is 5.75 Å². The Bertz CT molecular complexity index is 566. The van der Waals surface area contributed by atoms with Crippen molar-refractivity contribution in [2.24, 2.45) is 0 Å². The van der Waals surface area contributed by atoms with Crippen molar-refractivity contribution in [2.75, 3.05) is 7.11 Å². The number of nitrogens with zero attached hydrogens (tertiary/aromatic N) is 2. The van der Waals surface area contributed by atoms with Crippen molar-refractivity contribution in [1.82, 2.24) is 4.98 Å². The lowest BCUT2D eigenvalue weighted by Crippen LogP contribution is -1.96. The SMILES string of the molecule is COc1cc([N+](=O)[O-])c(C)c2cccnc12. The Hall–Kier alpha value is -2.17. The van der Waals surface area contributed by atoms with Crippen LogP contribution in [-0.4, -0.2) is 17.0 Å². The zero-order valence-corrected chi connectivity index (χ0v) is 8.93.